The third-order valence-electron chi connectivity index (χ3n) is 3.34. The second-order valence-electron chi connectivity index (χ2n) is 4.52. The molecule has 0 amide bonds. The molecule has 2 rings (SSSR count). The van der Waals surface area contributed by atoms with E-state index in [1.807, 2.05) is 31.3 Å². The molecule has 0 aromatic heterocycles. The summed E-state index contributed by atoms with van der Waals surface area (Å²) in [5.41, 5.74) is 1.59. The van der Waals surface area contributed by atoms with Gasteiger partial charge in [-0.15, -0.1) is 0 Å². The van der Waals surface area contributed by atoms with Gasteiger partial charge in [0.1, 0.15) is 11.6 Å². The summed E-state index contributed by atoms with van der Waals surface area (Å²) in [5.74, 6) is 0.527. The zero-order chi connectivity index (χ0) is 14.5. The zero-order valence-corrected chi connectivity index (χ0v) is 12.2. The Morgan fingerprint density at radius 2 is 1.90 bits per heavy atom. The van der Waals surface area contributed by atoms with Gasteiger partial charge in [-0.3, -0.25) is 0 Å². The van der Waals surface area contributed by atoms with Crippen molar-refractivity contribution >= 4 is 11.6 Å². The van der Waals surface area contributed by atoms with E-state index in [1.165, 1.54) is 6.07 Å². The summed E-state index contributed by atoms with van der Waals surface area (Å²) < 4.78 is 19.0. The smallest absolute Gasteiger partial charge is 0.127 e. The number of hydrogen-bond acceptors (Lipinski definition) is 2. The van der Waals surface area contributed by atoms with Crippen molar-refractivity contribution in [2.45, 2.75) is 12.5 Å². The molecule has 0 saturated carbocycles. The van der Waals surface area contributed by atoms with Crippen molar-refractivity contribution in [2.75, 3.05) is 14.2 Å². The average molecular weight is 294 g/mol. The van der Waals surface area contributed by atoms with E-state index in [9.17, 15) is 4.39 Å². The lowest BCUT2D eigenvalue weighted by atomic mass is 9.98. The molecule has 0 saturated heterocycles. The number of nitrogens with one attached hydrogen (secondary N) is 1. The summed E-state index contributed by atoms with van der Waals surface area (Å²) in [7, 11) is 3.48. The van der Waals surface area contributed by atoms with Crippen LogP contribution in [0, 0.1) is 5.82 Å². The van der Waals surface area contributed by atoms with Crippen LogP contribution in [0.4, 0.5) is 4.39 Å². The molecule has 106 valence electrons. The van der Waals surface area contributed by atoms with E-state index in [2.05, 4.69) is 5.32 Å². The summed E-state index contributed by atoms with van der Waals surface area (Å²) in [4.78, 5) is 0. The summed E-state index contributed by atoms with van der Waals surface area (Å²) in [5, 5.41) is 3.65. The first-order valence-corrected chi connectivity index (χ1v) is 6.77. The Kier molecular flexibility index (Phi) is 4.99. The molecule has 2 aromatic rings. The molecule has 2 nitrogen and oxygen atoms in total. The molecule has 1 N–H and O–H groups in total. The van der Waals surface area contributed by atoms with Crippen LogP contribution in [-0.2, 0) is 6.42 Å². The van der Waals surface area contributed by atoms with Crippen molar-refractivity contribution in [1.82, 2.24) is 5.32 Å². The van der Waals surface area contributed by atoms with Crippen LogP contribution in [0.2, 0.25) is 5.02 Å². The van der Waals surface area contributed by atoms with Gasteiger partial charge in [-0.1, -0.05) is 29.8 Å². The second kappa shape index (κ2) is 6.73. The van der Waals surface area contributed by atoms with Crippen molar-refractivity contribution in [2.24, 2.45) is 0 Å². The molecule has 0 heterocycles. The summed E-state index contributed by atoms with van der Waals surface area (Å²) >= 11 is 6.08. The van der Waals surface area contributed by atoms with E-state index < -0.39 is 0 Å². The largest absolute Gasteiger partial charge is 0.497 e. The normalized spacial score (nSPS) is 12.2. The number of methoxy groups -OCH3 is 1. The van der Waals surface area contributed by atoms with Crippen molar-refractivity contribution < 1.29 is 9.13 Å². The van der Waals surface area contributed by atoms with Gasteiger partial charge in [0.15, 0.2) is 0 Å². The van der Waals surface area contributed by atoms with Crippen molar-refractivity contribution in [3.63, 3.8) is 0 Å². The van der Waals surface area contributed by atoms with Gasteiger partial charge in [-0.25, -0.2) is 4.39 Å². The predicted octanol–water partition coefficient (Wildman–Crippen LogP) is 3.99. The number of halogens is 2. The standard InChI is InChI=1S/C16H17ClFNO/c1-19-16(11-6-8-12(20-2)9-7-11)10-13-14(17)4-3-5-15(13)18/h3-9,16,19H,10H2,1-2H3. The Bertz CT molecular complexity index is 551. The second-order valence-corrected chi connectivity index (χ2v) is 4.93. The fourth-order valence-corrected chi connectivity index (χ4v) is 2.39. The molecule has 0 aliphatic heterocycles. The first kappa shape index (κ1) is 14.8. The maximum Gasteiger partial charge on any atom is 0.127 e. The Balaban J connectivity index is 2.24. The van der Waals surface area contributed by atoms with Gasteiger partial charge in [0.25, 0.3) is 0 Å². The van der Waals surface area contributed by atoms with E-state index in [1.54, 1.807) is 19.2 Å². The average Bonchev–Trinajstić information content (AvgIpc) is 2.47. The Labute approximate surface area is 123 Å². The Morgan fingerprint density at radius 1 is 1.20 bits per heavy atom. The maximum atomic E-state index is 13.8. The molecule has 2 aromatic carbocycles. The summed E-state index contributed by atoms with van der Waals surface area (Å²) in [6.45, 7) is 0. The first-order chi connectivity index (χ1) is 9.65. The highest BCUT2D eigenvalue weighted by molar-refractivity contribution is 6.31. The zero-order valence-electron chi connectivity index (χ0n) is 11.5. The molecule has 1 unspecified atom stereocenters. The highest BCUT2D eigenvalue weighted by Crippen LogP contribution is 2.26. The number of rotatable bonds is 5. The monoisotopic (exact) mass is 293 g/mol. The van der Waals surface area contributed by atoms with Crippen LogP contribution in [0.15, 0.2) is 42.5 Å². The minimum absolute atomic E-state index is 0.00435. The predicted molar refractivity (Wildman–Crippen MR) is 79.9 cm³/mol. The fourth-order valence-electron chi connectivity index (χ4n) is 2.15. The number of benzene rings is 2. The molecule has 4 heteroatoms. The van der Waals surface area contributed by atoms with E-state index in [0.29, 0.717) is 17.0 Å². The van der Waals surface area contributed by atoms with Crippen molar-refractivity contribution in [3.8, 4) is 5.75 Å². The molecular weight excluding hydrogens is 277 g/mol. The lowest BCUT2D eigenvalue weighted by Gasteiger charge is -2.18. The van der Waals surface area contributed by atoms with E-state index in [-0.39, 0.29) is 11.9 Å². The van der Waals surface area contributed by atoms with Gasteiger partial charge in [0.2, 0.25) is 0 Å². The molecule has 20 heavy (non-hydrogen) atoms. The van der Waals surface area contributed by atoms with Gasteiger partial charge in [-0.2, -0.15) is 0 Å². The minimum atomic E-state index is -0.272. The molecule has 0 spiro atoms. The first-order valence-electron chi connectivity index (χ1n) is 6.39. The van der Waals surface area contributed by atoms with E-state index in [4.69, 9.17) is 16.3 Å². The van der Waals surface area contributed by atoms with Gasteiger partial charge >= 0.3 is 0 Å². The molecule has 0 radical (unpaired) electrons. The van der Waals surface area contributed by atoms with Crippen LogP contribution >= 0.6 is 11.6 Å². The van der Waals surface area contributed by atoms with Gasteiger partial charge in [0.05, 0.1) is 7.11 Å². The van der Waals surface area contributed by atoms with Crippen molar-refractivity contribution in [1.29, 1.82) is 0 Å². The molecule has 0 bridgehead atoms. The SMILES string of the molecule is CNC(Cc1c(F)cccc1Cl)c1ccc(OC)cc1. The number of ether oxygens (including phenoxy) is 1. The van der Waals surface area contributed by atoms with Gasteiger partial charge < -0.3 is 10.1 Å². The summed E-state index contributed by atoms with van der Waals surface area (Å²) in [6, 6.07) is 12.5. The van der Waals surface area contributed by atoms with E-state index >= 15 is 0 Å². The van der Waals surface area contributed by atoms with Crippen LogP contribution < -0.4 is 10.1 Å². The molecular formula is C16H17ClFNO. The molecule has 0 aliphatic rings. The van der Waals surface area contributed by atoms with Crippen LogP contribution in [0.25, 0.3) is 0 Å². The van der Waals surface area contributed by atoms with Crippen LogP contribution in [0.5, 0.6) is 5.75 Å². The molecule has 0 fully saturated rings. The van der Waals surface area contributed by atoms with Crippen LogP contribution in [-0.4, -0.2) is 14.2 Å². The Hall–Kier alpha value is -1.58. The highest BCUT2D eigenvalue weighted by atomic mass is 35.5. The fraction of sp³-hybridized carbons (Fsp3) is 0.250. The van der Waals surface area contributed by atoms with E-state index in [0.717, 1.165) is 11.3 Å². The Morgan fingerprint density at radius 3 is 2.45 bits per heavy atom. The molecule has 1 atom stereocenters. The highest BCUT2D eigenvalue weighted by Gasteiger charge is 2.15. The lowest BCUT2D eigenvalue weighted by Crippen LogP contribution is -2.19. The third-order valence-corrected chi connectivity index (χ3v) is 3.69. The maximum absolute atomic E-state index is 13.8. The van der Waals surface area contributed by atoms with Crippen molar-refractivity contribution in [3.05, 3.63) is 64.4 Å². The number of hydrogen-bond donors (Lipinski definition) is 1. The summed E-state index contributed by atoms with van der Waals surface area (Å²) in [6.07, 6.45) is 0.494. The van der Waals surface area contributed by atoms with Gasteiger partial charge in [-0.05, 0) is 43.3 Å². The lowest BCUT2D eigenvalue weighted by molar-refractivity contribution is 0.414. The van der Waals surface area contributed by atoms with Crippen LogP contribution in [0.3, 0.4) is 0 Å². The quantitative estimate of drug-likeness (QED) is 0.900. The third kappa shape index (κ3) is 3.30. The van der Waals surface area contributed by atoms with Crippen LogP contribution in [0.1, 0.15) is 17.2 Å². The number of likely N-dealkylation sites (N-methyl/N-ethyl adjacent to an activating group) is 1. The van der Waals surface area contributed by atoms with Gasteiger partial charge in [0, 0.05) is 16.6 Å². The minimum Gasteiger partial charge on any atom is -0.497 e. The molecule has 0 aliphatic carbocycles. The topological polar surface area (TPSA) is 21.3 Å².